The molecule has 1 amide bonds. The van der Waals surface area contributed by atoms with Crippen molar-refractivity contribution in [3.63, 3.8) is 0 Å². The van der Waals surface area contributed by atoms with E-state index in [-0.39, 0.29) is 11.5 Å². The van der Waals surface area contributed by atoms with E-state index in [4.69, 9.17) is 9.90 Å². The van der Waals surface area contributed by atoms with Gasteiger partial charge in [-0.3, -0.25) is 4.79 Å². The molecule has 0 aliphatic heterocycles. The molecule has 2 aromatic rings. The number of nitrogens with one attached hydrogen (secondary N) is 1. The maximum Gasteiger partial charge on any atom is 0.490 e. The van der Waals surface area contributed by atoms with E-state index >= 15 is 0 Å². The normalized spacial score (nSPS) is 10.6. The minimum atomic E-state index is -5.08. The Bertz CT molecular complexity index is 971. The first kappa shape index (κ1) is 27.5. The van der Waals surface area contributed by atoms with Gasteiger partial charge >= 0.3 is 18.1 Å². The lowest BCUT2D eigenvalue weighted by molar-refractivity contribution is -0.192. The van der Waals surface area contributed by atoms with Gasteiger partial charge in [0.25, 0.3) is 5.91 Å². The maximum absolute atomic E-state index is 12.7. The maximum atomic E-state index is 12.7. The summed E-state index contributed by atoms with van der Waals surface area (Å²) in [5.74, 6) is -4.01. The molecule has 3 N–H and O–H groups in total. The number of carbonyl (C=O) groups excluding carboxylic acids is 1. The molecule has 33 heavy (non-hydrogen) atoms. The van der Waals surface area contributed by atoms with E-state index in [0.29, 0.717) is 11.3 Å². The van der Waals surface area contributed by atoms with E-state index in [2.05, 4.69) is 24.1 Å². The molecule has 0 saturated heterocycles. The number of anilines is 2. The van der Waals surface area contributed by atoms with Crippen LogP contribution < -0.4 is 10.2 Å². The number of alkyl halides is 3. The fourth-order valence-corrected chi connectivity index (χ4v) is 2.95. The van der Waals surface area contributed by atoms with Crippen LogP contribution in [0.2, 0.25) is 0 Å². The molecule has 0 spiro atoms. The first-order valence-electron chi connectivity index (χ1n) is 10.2. The summed E-state index contributed by atoms with van der Waals surface area (Å²) in [5, 5.41) is 19.4. The summed E-state index contributed by atoms with van der Waals surface area (Å²) >= 11 is 0. The van der Waals surface area contributed by atoms with Crippen LogP contribution in [0.1, 0.15) is 53.0 Å². The van der Waals surface area contributed by atoms with Crippen molar-refractivity contribution in [2.75, 3.05) is 23.3 Å². The molecule has 0 aliphatic carbocycles. The Labute approximate surface area is 189 Å². The molecule has 180 valence electrons. The third-order valence-corrected chi connectivity index (χ3v) is 4.45. The lowest BCUT2D eigenvalue weighted by atomic mass is 10.1. The average molecular weight is 468 g/mol. The molecule has 0 aliphatic rings. The second-order valence-electron chi connectivity index (χ2n) is 7.10. The third kappa shape index (κ3) is 8.47. The first-order valence-corrected chi connectivity index (χ1v) is 10.2. The Morgan fingerprint density at radius 1 is 0.970 bits per heavy atom. The zero-order valence-corrected chi connectivity index (χ0v) is 18.6. The monoisotopic (exact) mass is 468 g/mol. The Morgan fingerprint density at radius 2 is 1.52 bits per heavy atom. The lowest BCUT2D eigenvalue weighted by Gasteiger charge is -2.26. The van der Waals surface area contributed by atoms with Crippen molar-refractivity contribution < 1.29 is 37.8 Å². The van der Waals surface area contributed by atoms with E-state index in [1.807, 2.05) is 25.1 Å². The van der Waals surface area contributed by atoms with Gasteiger partial charge in [-0.05, 0) is 49.6 Å². The summed E-state index contributed by atoms with van der Waals surface area (Å²) in [6, 6.07) is 12.2. The number of carboxylic acids is 2. The molecule has 2 rings (SSSR count). The summed E-state index contributed by atoms with van der Waals surface area (Å²) < 4.78 is 31.7. The molecule has 0 radical (unpaired) electrons. The molecule has 0 aromatic heterocycles. The van der Waals surface area contributed by atoms with Gasteiger partial charge in [-0.15, -0.1) is 0 Å². The van der Waals surface area contributed by atoms with Crippen LogP contribution in [0.5, 0.6) is 0 Å². The molecule has 0 saturated carbocycles. The predicted octanol–water partition coefficient (Wildman–Crippen LogP) is 5.21. The van der Waals surface area contributed by atoms with Crippen molar-refractivity contribution in [3.05, 3.63) is 59.2 Å². The van der Waals surface area contributed by atoms with Gasteiger partial charge in [0.05, 0.1) is 16.9 Å². The molecule has 2 aromatic carbocycles. The van der Waals surface area contributed by atoms with Crippen molar-refractivity contribution in [2.45, 2.75) is 39.8 Å². The zero-order chi connectivity index (χ0) is 25.2. The molecule has 0 unspecified atom stereocenters. The highest BCUT2D eigenvalue weighted by atomic mass is 19.4. The van der Waals surface area contributed by atoms with Crippen LogP contribution in [-0.4, -0.2) is 47.3 Å². The summed E-state index contributed by atoms with van der Waals surface area (Å²) in [7, 11) is 0. The summed E-state index contributed by atoms with van der Waals surface area (Å²) in [5.41, 5.74) is 2.99. The highest BCUT2D eigenvalue weighted by molar-refractivity contribution is 6.07. The van der Waals surface area contributed by atoms with Crippen LogP contribution in [-0.2, 0) is 4.79 Å². The van der Waals surface area contributed by atoms with Crippen molar-refractivity contribution >= 4 is 29.2 Å². The number of halogens is 3. The highest BCUT2D eigenvalue weighted by Crippen LogP contribution is 2.29. The van der Waals surface area contributed by atoms with Crippen LogP contribution >= 0.6 is 0 Å². The number of hydrogen-bond acceptors (Lipinski definition) is 4. The molecule has 0 bridgehead atoms. The van der Waals surface area contributed by atoms with Gasteiger partial charge in [-0.1, -0.05) is 32.0 Å². The zero-order valence-electron chi connectivity index (χ0n) is 18.6. The topological polar surface area (TPSA) is 107 Å². The summed E-state index contributed by atoms with van der Waals surface area (Å²) in [6.07, 6.45) is -3.16. The fourth-order valence-electron chi connectivity index (χ4n) is 2.95. The van der Waals surface area contributed by atoms with Crippen LogP contribution in [0, 0.1) is 6.92 Å². The van der Waals surface area contributed by atoms with Crippen LogP contribution in [0.4, 0.5) is 24.5 Å². The van der Waals surface area contributed by atoms with Crippen LogP contribution in [0.3, 0.4) is 0 Å². The van der Waals surface area contributed by atoms with E-state index in [9.17, 15) is 27.9 Å². The summed E-state index contributed by atoms with van der Waals surface area (Å²) in [6.45, 7) is 7.75. The highest BCUT2D eigenvalue weighted by Gasteiger charge is 2.38. The van der Waals surface area contributed by atoms with Crippen molar-refractivity contribution in [1.29, 1.82) is 0 Å². The first-order chi connectivity index (χ1) is 15.4. The number of aryl methyl sites for hydroxylation is 1. The number of hydrogen-bond donors (Lipinski definition) is 3. The van der Waals surface area contributed by atoms with Crippen LogP contribution in [0.25, 0.3) is 0 Å². The van der Waals surface area contributed by atoms with Gasteiger partial charge in [-0.25, -0.2) is 9.59 Å². The standard InChI is InChI=1S/C21H26N2O3.C2HF3O2/c1-4-12-23(13-5-2)19-11-10-16(21(25)26)14-18(19)22-20(24)17-9-7-6-8-15(17)3;3-2(4,5)1(6)7/h6-11,14H,4-5,12-13H2,1-3H3,(H,22,24)(H,25,26);(H,6,7). The van der Waals surface area contributed by atoms with E-state index in [0.717, 1.165) is 37.2 Å². The van der Waals surface area contributed by atoms with Gasteiger partial charge < -0.3 is 20.4 Å². The third-order valence-electron chi connectivity index (χ3n) is 4.45. The number of amides is 1. The van der Waals surface area contributed by atoms with E-state index in [1.165, 1.54) is 6.07 Å². The lowest BCUT2D eigenvalue weighted by Crippen LogP contribution is -2.27. The fraction of sp³-hybridized carbons (Fsp3) is 0.348. The Kier molecular flexibility index (Phi) is 10.4. The molecule has 0 heterocycles. The largest absolute Gasteiger partial charge is 0.490 e. The Hall–Kier alpha value is -3.56. The van der Waals surface area contributed by atoms with Crippen LogP contribution in [0.15, 0.2) is 42.5 Å². The minimum absolute atomic E-state index is 0.154. The van der Waals surface area contributed by atoms with Gasteiger partial charge in [0, 0.05) is 18.7 Å². The van der Waals surface area contributed by atoms with Gasteiger partial charge in [0.2, 0.25) is 0 Å². The molecule has 0 atom stereocenters. The second kappa shape index (κ2) is 12.5. The number of benzene rings is 2. The number of rotatable bonds is 8. The molecular weight excluding hydrogens is 441 g/mol. The molecular formula is C23H27F3N2O5. The van der Waals surface area contributed by atoms with E-state index < -0.39 is 18.1 Å². The van der Waals surface area contributed by atoms with Gasteiger partial charge in [0.1, 0.15) is 0 Å². The van der Waals surface area contributed by atoms with Gasteiger partial charge in [0.15, 0.2) is 0 Å². The minimum Gasteiger partial charge on any atom is -0.478 e. The Morgan fingerprint density at radius 3 is 1.97 bits per heavy atom. The average Bonchev–Trinajstić information content (AvgIpc) is 2.73. The SMILES string of the molecule is CCCN(CCC)c1ccc(C(=O)O)cc1NC(=O)c1ccccc1C.O=C(O)C(F)(F)F. The Balaban J connectivity index is 0.000000675. The quantitative estimate of drug-likeness (QED) is 0.491. The molecule has 10 heteroatoms. The summed E-state index contributed by atoms with van der Waals surface area (Å²) in [4.78, 5) is 35.2. The number of carbonyl (C=O) groups is 3. The molecule has 0 fully saturated rings. The molecule has 7 nitrogen and oxygen atoms in total. The van der Waals surface area contributed by atoms with Crippen molar-refractivity contribution in [2.24, 2.45) is 0 Å². The predicted molar refractivity (Wildman–Crippen MR) is 119 cm³/mol. The number of aromatic carboxylic acids is 1. The number of carboxylic acid groups (broad SMARTS) is 2. The number of nitrogens with zero attached hydrogens (tertiary/aromatic N) is 1. The van der Waals surface area contributed by atoms with Gasteiger partial charge in [-0.2, -0.15) is 13.2 Å². The van der Waals surface area contributed by atoms with Crippen molar-refractivity contribution in [3.8, 4) is 0 Å². The van der Waals surface area contributed by atoms with Crippen molar-refractivity contribution in [1.82, 2.24) is 0 Å². The smallest absolute Gasteiger partial charge is 0.478 e. The second-order valence-corrected chi connectivity index (χ2v) is 7.10. The van der Waals surface area contributed by atoms with E-state index in [1.54, 1.807) is 18.2 Å². The number of aliphatic carboxylic acids is 1.